The lowest BCUT2D eigenvalue weighted by atomic mass is 10.1. The van der Waals surface area contributed by atoms with Gasteiger partial charge in [-0.2, -0.15) is 5.26 Å². The number of hydrogen-bond acceptors (Lipinski definition) is 3. The van der Waals surface area contributed by atoms with Crippen molar-refractivity contribution in [3.05, 3.63) is 29.8 Å². The number of rotatable bonds is 3. The van der Waals surface area contributed by atoms with Crippen LogP contribution in [0.4, 0.5) is 0 Å². The highest BCUT2D eigenvalue weighted by Gasteiger charge is 2.16. The zero-order chi connectivity index (χ0) is 12.1. The van der Waals surface area contributed by atoms with Crippen molar-refractivity contribution < 1.29 is 9.90 Å². The molecule has 1 rings (SSSR count). The maximum Gasteiger partial charge on any atom is 0.252 e. The smallest absolute Gasteiger partial charge is 0.252 e. The Kier molecular flexibility index (Phi) is 3.90. The van der Waals surface area contributed by atoms with Gasteiger partial charge in [-0.25, -0.2) is 0 Å². The Balaban J connectivity index is 2.77. The molecule has 0 aliphatic heterocycles. The van der Waals surface area contributed by atoms with Crippen LogP contribution in [0.15, 0.2) is 24.3 Å². The van der Waals surface area contributed by atoms with E-state index in [1.807, 2.05) is 19.9 Å². The van der Waals surface area contributed by atoms with Gasteiger partial charge < -0.3 is 10.4 Å². The number of phenols is 1. The van der Waals surface area contributed by atoms with Crippen LogP contribution in [-0.4, -0.2) is 17.1 Å². The van der Waals surface area contributed by atoms with E-state index < -0.39 is 6.04 Å². The summed E-state index contributed by atoms with van der Waals surface area (Å²) in [5.41, 5.74) is 0.348. The predicted molar refractivity (Wildman–Crippen MR) is 59.8 cm³/mol. The molecule has 0 aliphatic carbocycles. The number of benzene rings is 1. The largest absolute Gasteiger partial charge is 0.508 e. The fourth-order valence-electron chi connectivity index (χ4n) is 1.22. The Morgan fingerprint density at radius 2 is 2.19 bits per heavy atom. The van der Waals surface area contributed by atoms with Gasteiger partial charge in [0, 0.05) is 5.56 Å². The topological polar surface area (TPSA) is 73.1 Å². The summed E-state index contributed by atoms with van der Waals surface area (Å²) in [6.45, 7) is 3.72. The Hall–Kier alpha value is -2.02. The Bertz CT molecular complexity index is 421. The minimum atomic E-state index is -0.519. The van der Waals surface area contributed by atoms with Crippen LogP contribution in [-0.2, 0) is 0 Å². The van der Waals surface area contributed by atoms with Crippen LogP contribution in [0, 0.1) is 17.2 Å². The van der Waals surface area contributed by atoms with Gasteiger partial charge in [0.2, 0.25) is 0 Å². The number of nitrogens with one attached hydrogen (secondary N) is 1. The highest BCUT2D eigenvalue weighted by molar-refractivity contribution is 5.94. The minimum absolute atomic E-state index is 0.0331. The lowest BCUT2D eigenvalue weighted by Gasteiger charge is -2.14. The molecule has 0 fully saturated rings. The summed E-state index contributed by atoms with van der Waals surface area (Å²) in [5, 5.41) is 20.6. The molecule has 1 aromatic carbocycles. The van der Waals surface area contributed by atoms with Crippen molar-refractivity contribution in [2.75, 3.05) is 0 Å². The molecule has 16 heavy (non-hydrogen) atoms. The SMILES string of the molecule is CC(C)C(C#N)NC(=O)c1cccc(O)c1. The van der Waals surface area contributed by atoms with Crippen LogP contribution in [0.3, 0.4) is 0 Å². The van der Waals surface area contributed by atoms with Crippen molar-refractivity contribution in [3.63, 3.8) is 0 Å². The number of amides is 1. The molecule has 0 saturated heterocycles. The van der Waals surface area contributed by atoms with Crippen LogP contribution in [0.1, 0.15) is 24.2 Å². The first-order valence-electron chi connectivity index (χ1n) is 5.04. The second-order valence-electron chi connectivity index (χ2n) is 3.87. The lowest BCUT2D eigenvalue weighted by Crippen LogP contribution is -2.37. The van der Waals surface area contributed by atoms with Crippen LogP contribution >= 0.6 is 0 Å². The summed E-state index contributed by atoms with van der Waals surface area (Å²) in [6.07, 6.45) is 0. The molecule has 0 saturated carbocycles. The van der Waals surface area contributed by atoms with Crippen LogP contribution in [0.2, 0.25) is 0 Å². The second kappa shape index (κ2) is 5.17. The molecular formula is C12H14N2O2. The molecule has 0 spiro atoms. The second-order valence-corrected chi connectivity index (χ2v) is 3.87. The number of hydrogen-bond donors (Lipinski definition) is 2. The number of nitrogens with zero attached hydrogens (tertiary/aromatic N) is 1. The fourth-order valence-corrected chi connectivity index (χ4v) is 1.22. The maximum absolute atomic E-state index is 11.7. The van der Waals surface area contributed by atoms with Crippen molar-refractivity contribution >= 4 is 5.91 Å². The van der Waals surface area contributed by atoms with Crippen molar-refractivity contribution in [2.45, 2.75) is 19.9 Å². The average Bonchev–Trinajstić information content (AvgIpc) is 2.25. The normalized spacial score (nSPS) is 11.9. The van der Waals surface area contributed by atoms with E-state index in [2.05, 4.69) is 5.32 Å². The molecule has 0 bridgehead atoms. The predicted octanol–water partition coefficient (Wildman–Crippen LogP) is 1.67. The third-order valence-electron chi connectivity index (χ3n) is 2.20. The Morgan fingerprint density at radius 1 is 1.50 bits per heavy atom. The standard InChI is InChI=1S/C12H14N2O2/c1-8(2)11(7-13)14-12(16)9-4-3-5-10(15)6-9/h3-6,8,11,15H,1-2H3,(H,14,16). The van der Waals surface area contributed by atoms with Gasteiger partial charge in [-0.3, -0.25) is 4.79 Å². The number of nitriles is 1. The molecule has 4 nitrogen and oxygen atoms in total. The van der Waals surface area contributed by atoms with E-state index in [4.69, 9.17) is 5.26 Å². The maximum atomic E-state index is 11.7. The molecular weight excluding hydrogens is 204 g/mol. The van der Waals surface area contributed by atoms with Gasteiger partial charge in [0.1, 0.15) is 11.8 Å². The van der Waals surface area contributed by atoms with E-state index >= 15 is 0 Å². The van der Waals surface area contributed by atoms with Gasteiger partial charge in [-0.05, 0) is 24.1 Å². The Morgan fingerprint density at radius 3 is 2.69 bits per heavy atom. The average molecular weight is 218 g/mol. The van der Waals surface area contributed by atoms with Crippen molar-refractivity contribution in [2.24, 2.45) is 5.92 Å². The van der Waals surface area contributed by atoms with Gasteiger partial charge in [0.25, 0.3) is 5.91 Å². The van der Waals surface area contributed by atoms with E-state index in [0.29, 0.717) is 5.56 Å². The van der Waals surface area contributed by atoms with Gasteiger partial charge >= 0.3 is 0 Å². The third-order valence-corrected chi connectivity index (χ3v) is 2.20. The van der Waals surface area contributed by atoms with E-state index in [1.54, 1.807) is 12.1 Å². The van der Waals surface area contributed by atoms with E-state index in [9.17, 15) is 9.90 Å². The zero-order valence-corrected chi connectivity index (χ0v) is 9.27. The summed E-state index contributed by atoms with van der Waals surface area (Å²) >= 11 is 0. The van der Waals surface area contributed by atoms with Gasteiger partial charge in [-0.15, -0.1) is 0 Å². The summed E-state index contributed by atoms with van der Waals surface area (Å²) in [4.78, 5) is 11.7. The first-order chi connectivity index (χ1) is 7.54. The number of carbonyl (C=O) groups is 1. The molecule has 0 heterocycles. The molecule has 0 radical (unpaired) electrons. The first-order valence-corrected chi connectivity index (χ1v) is 5.04. The van der Waals surface area contributed by atoms with Crippen LogP contribution < -0.4 is 5.32 Å². The summed E-state index contributed by atoms with van der Waals surface area (Å²) in [5.74, 6) is -0.270. The van der Waals surface area contributed by atoms with Crippen molar-refractivity contribution in [1.82, 2.24) is 5.32 Å². The molecule has 1 aromatic rings. The van der Waals surface area contributed by atoms with Gasteiger partial charge in [0.15, 0.2) is 0 Å². The summed E-state index contributed by atoms with van der Waals surface area (Å²) in [6, 6.07) is 7.53. The molecule has 1 amide bonds. The molecule has 0 aromatic heterocycles. The lowest BCUT2D eigenvalue weighted by molar-refractivity contribution is 0.0937. The van der Waals surface area contributed by atoms with Crippen molar-refractivity contribution in [3.8, 4) is 11.8 Å². The summed E-state index contributed by atoms with van der Waals surface area (Å²) in [7, 11) is 0. The highest BCUT2D eigenvalue weighted by atomic mass is 16.3. The summed E-state index contributed by atoms with van der Waals surface area (Å²) < 4.78 is 0. The highest BCUT2D eigenvalue weighted by Crippen LogP contribution is 2.11. The third kappa shape index (κ3) is 2.99. The number of aromatic hydroxyl groups is 1. The first kappa shape index (κ1) is 12.1. The molecule has 1 unspecified atom stereocenters. The van der Waals surface area contributed by atoms with Crippen molar-refractivity contribution in [1.29, 1.82) is 5.26 Å². The van der Waals surface area contributed by atoms with E-state index in [0.717, 1.165) is 0 Å². The molecule has 4 heteroatoms. The molecule has 0 aliphatic rings. The van der Waals surface area contributed by atoms with Crippen LogP contribution in [0.25, 0.3) is 0 Å². The monoisotopic (exact) mass is 218 g/mol. The zero-order valence-electron chi connectivity index (χ0n) is 9.27. The minimum Gasteiger partial charge on any atom is -0.508 e. The molecule has 2 N–H and O–H groups in total. The quantitative estimate of drug-likeness (QED) is 0.810. The van der Waals surface area contributed by atoms with E-state index in [1.165, 1.54) is 12.1 Å². The van der Waals surface area contributed by atoms with Gasteiger partial charge in [-0.1, -0.05) is 19.9 Å². The van der Waals surface area contributed by atoms with Gasteiger partial charge in [0.05, 0.1) is 6.07 Å². The molecule has 84 valence electrons. The van der Waals surface area contributed by atoms with Crippen LogP contribution in [0.5, 0.6) is 5.75 Å². The Labute approximate surface area is 94.5 Å². The number of phenolic OH excluding ortho intramolecular Hbond substituents is 1. The number of carbonyl (C=O) groups excluding carboxylic acids is 1. The fraction of sp³-hybridized carbons (Fsp3) is 0.333. The van der Waals surface area contributed by atoms with E-state index in [-0.39, 0.29) is 17.6 Å². The molecule has 1 atom stereocenters.